The number of nitrogens with zero attached hydrogens (tertiary/aromatic N) is 1. The third kappa shape index (κ3) is 3.25. The molecule has 0 fully saturated rings. The molecule has 0 heterocycles. The lowest BCUT2D eigenvalue weighted by atomic mass is 10.3. The van der Waals surface area contributed by atoms with Gasteiger partial charge in [-0.05, 0) is 24.3 Å². The SMILES string of the molecule is O=C=Nc1ccc(OC(F)(F)C(F)Cl)cc1. The van der Waals surface area contributed by atoms with Crippen molar-refractivity contribution in [3.63, 3.8) is 0 Å². The summed E-state index contributed by atoms with van der Waals surface area (Å²) >= 11 is 4.59. The van der Waals surface area contributed by atoms with Crippen LogP contribution >= 0.6 is 11.6 Å². The highest BCUT2D eigenvalue weighted by Gasteiger charge is 2.42. The topological polar surface area (TPSA) is 38.7 Å². The van der Waals surface area contributed by atoms with E-state index in [4.69, 9.17) is 0 Å². The molecule has 0 saturated carbocycles. The maximum Gasteiger partial charge on any atom is 0.444 e. The van der Waals surface area contributed by atoms with Gasteiger partial charge in [0, 0.05) is 0 Å². The molecule has 86 valence electrons. The highest BCUT2D eigenvalue weighted by molar-refractivity contribution is 6.20. The lowest BCUT2D eigenvalue weighted by Gasteiger charge is -2.17. The van der Waals surface area contributed by atoms with Crippen molar-refractivity contribution in [2.24, 2.45) is 4.99 Å². The Balaban J connectivity index is 2.79. The van der Waals surface area contributed by atoms with Crippen molar-refractivity contribution in [2.45, 2.75) is 11.7 Å². The molecule has 0 saturated heterocycles. The fourth-order valence-electron chi connectivity index (χ4n) is 0.843. The Kier molecular flexibility index (Phi) is 3.93. The number of isocyanates is 1. The number of halogens is 4. The summed E-state index contributed by atoms with van der Waals surface area (Å²) in [6.07, 6.45) is -2.84. The highest BCUT2D eigenvalue weighted by Crippen LogP contribution is 2.29. The Bertz CT molecular complexity index is 402. The van der Waals surface area contributed by atoms with E-state index in [2.05, 4.69) is 21.3 Å². The van der Waals surface area contributed by atoms with Gasteiger partial charge in [-0.2, -0.15) is 13.8 Å². The molecular formula is C9H5ClF3NO2. The summed E-state index contributed by atoms with van der Waals surface area (Å²) in [6.45, 7) is 0. The van der Waals surface area contributed by atoms with E-state index in [0.29, 0.717) is 0 Å². The van der Waals surface area contributed by atoms with Crippen molar-refractivity contribution in [1.29, 1.82) is 0 Å². The van der Waals surface area contributed by atoms with Crippen LogP contribution < -0.4 is 4.74 Å². The molecule has 0 aliphatic carbocycles. The molecular weight excluding hydrogens is 247 g/mol. The van der Waals surface area contributed by atoms with Crippen LogP contribution in [0, 0.1) is 0 Å². The van der Waals surface area contributed by atoms with Gasteiger partial charge in [0.25, 0.3) is 5.63 Å². The quantitative estimate of drug-likeness (QED) is 0.468. The van der Waals surface area contributed by atoms with E-state index >= 15 is 0 Å². The Morgan fingerprint density at radius 3 is 2.38 bits per heavy atom. The van der Waals surface area contributed by atoms with E-state index in [1.807, 2.05) is 0 Å². The zero-order chi connectivity index (χ0) is 12.2. The molecule has 0 aliphatic heterocycles. The van der Waals surface area contributed by atoms with Crippen molar-refractivity contribution < 1.29 is 22.7 Å². The van der Waals surface area contributed by atoms with Gasteiger partial charge in [0.1, 0.15) is 5.75 Å². The van der Waals surface area contributed by atoms with Crippen LogP contribution in [-0.4, -0.2) is 17.8 Å². The average Bonchev–Trinajstić information content (AvgIpc) is 2.21. The van der Waals surface area contributed by atoms with Crippen molar-refractivity contribution >= 4 is 23.4 Å². The van der Waals surface area contributed by atoms with Gasteiger partial charge in [0.2, 0.25) is 6.08 Å². The third-order valence-electron chi connectivity index (χ3n) is 1.52. The van der Waals surface area contributed by atoms with Crippen LogP contribution in [0.3, 0.4) is 0 Å². The number of hydrogen-bond donors (Lipinski definition) is 0. The second kappa shape index (κ2) is 5.01. The molecule has 0 N–H and O–H groups in total. The van der Waals surface area contributed by atoms with Crippen molar-refractivity contribution in [2.75, 3.05) is 0 Å². The Morgan fingerprint density at radius 2 is 1.94 bits per heavy atom. The first-order valence-corrected chi connectivity index (χ1v) is 4.42. The number of rotatable bonds is 4. The van der Waals surface area contributed by atoms with Gasteiger partial charge >= 0.3 is 6.11 Å². The molecule has 0 aliphatic rings. The normalized spacial score (nSPS) is 12.8. The van der Waals surface area contributed by atoms with E-state index in [1.54, 1.807) is 0 Å². The lowest BCUT2D eigenvalue weighted by molar-refractivity contribution is -0.199. The van der Waals surface area contributed by atoms with Crippen LogP contribution in [-0.2, 0) is 4.79 Å². The Morgan fingerprint density at radius 1 is 1.38 bits per heavy atom. The van der Waals surface area contributed by atoms with Crippen molar-refractivity contribution in [3.8, 4) is 5.75 Å². The fraction of sp³-hybridized carbons (Fsp3) is 0.222. The molecule has 7 heteroatoms. The largest absolute Gasteiger partial charge is 0.444 e. The van der Waals surface area contributed by atoms with E-state index < -0.39 is 11.7 Å². The lowest BCUT2D eigenvalue weighted by Crippen LogP contribution is -2.32. The molecule has 0 radical (unpaired) electrons. The van der Waals surface area contributed by atoms with Crippen LogP contribution in [0.25, 0.3) is 0 Å². The van der Waals surface area contributed by atoms with Gasteiger partial charge in [-0.1, -0.05) is 11.6 Å². The van der Waals surface area contributed by atoms with Gasteiger partial charge < -0.3 is 4.74 Å². The summed E-state index contributed by atoms with van der Waals surface area (Å²) in [6, 6.07) is 4.67. The standard InChI is InChI=1S/C9H5ClF3NO2/c10-8(11)9(12,13)16-7-3-1-6(2-4-7)14-5-15/h1-4,8H. The monoisotopic (exact) mass is 251 g/mol. The first kappa shape index (κ1) is 12.5. The summed E-state index contributed by atoms with van der Waals surface area (Å²) in [7, 11) is 0. The second-order valence-electron chi connectivity index (χ2n) is 2.66. The number of hydrogen-bond acceptors (Lipinski definition) is 3. The number of carbonyl (C=O) groups excluding carboxylic acids is 1. The van der Waals surface area contributed by atoms with E-state index in [1.165, 1.54) is 18.2 Å². The molecule has 0 amide bonds. The minimum absolute atomic E-state index is 0.216. The van der Waals surface area contributed by atoms with E-state index in [9.17, 15) is 18.0 Å². The average molecular weight is 252 g/mol. The van der Waals surface area contributed by atoms with Gasteiger partial charge in [0.05, 0.1) is 5.69 Å². The maximum atomic E-state index is 12.7. The predicted octanol–water partition coefficient (Wildman–Crippen LogP) is 3.16. The molecule has 0 aromatic heterocycles. The molecule has 16 heavy (non-hydrogen) atoms. The van der Waals surface area contributed by atoms with Crippen LogP contribution in [0.15, 0.2) is 29.3 Å². The third-order valence-corrected chi connectivity index (χ3v) is 1.77. The number of aliphatic imine (C=N–C) groups is 1. The molecule has 1 aromatic carbocycles. The Hall–Kier alpha value is -1.52. The van der Waals surface area contributed by atoms with Crippen LogP contribution in [0.5, 0.6) is 5.75 Å². The van der Waals surface area contributed by atoms with Crippen LogP contribution in [0.1, 0.15) is 0 Å². The van der Waals surface area contributed by atoms with E-state index in [0.717, 1.165) is 12.1 Å². The van der Waals surface area contributed by atoms with Gasteiger partial charge in [-0.15, -0.1) is 0 Å². The van der Waals surface area contributed by atoms with Gasteiger partial charge in [-0.3, -0.25) is 0 Å². The second-order valence-corrected chi connectivity index (χ2v) is 3.04. The van der Waals surface area contributed by atoms with Crippen molar-refractivity contribution in [1.82, 2.24) is 0 Å². The summed E-state index contributed by atoms with van der Waals surface area (Å²) < 4.78 is 41.5. The highest BCUT2D eigenvalue weighted by atomic mass is 35.5. The number of benzene rings is 1. The molecule has 1 unspecified atom stereocenters. The zero-order valence-electron chi connectivity index (χ0n) is 7.66. The predicted molar refractivity (Wildman–Crippen MR) is 50.5 cm³/mol. The van der Waals surface area contributed by atoms with Crippen molar-refractivity contribution in [3.05, 3.63) is 24.3 Å². The first-order valence-electron chi connectivity index (χ1n) is 3.98. The molecule has 3 nitrogen and oxygen atoms in total. The molecule has 0 spiro atoms. The molecule has 0 bridgehead atoms. The summed E-state index contributed by atoms with van der Waals surface area (Å²) in [4.78, 5) is 13.1. The van der Waals surface area contributed by atoms with E-state index in [-0.39, 0.29) is 11.4 Å². The summed E-state index contributed by atoms with van der Waals surface area (Å²) in [5.74, 6) is -0.293. The van der Waals surface area contributed by atoms with Gasteiger partial charge in [0.15, 0.2) is 0 Å². The zero-order valence-corrected chi connectivity index (χ0v) is 8.42. The van der Waals surface area contributed by atoms with Gasteiger partial charge in [-0.25, -0.2) is 9.18 Å². The molecule has 1 rings (SSSR count). The number of alkyl halides is 4. The van der Waals surface area contributed by atoms with Crippen LogP contribution in [0.4, 0.5) is 18.9 Å². The first-order chi connectivity index (χ1) is 7.45. The minimum Gasteiger partial charge on any atom is -0.429 e. The maximum absolute atomic E-state index is 12.7. The summed E-state index contributed by atoms with van der Waals surface area (Å²) in [5.41, 5.74) is -2.73. The van der Waals surface area contributed by atoms with Crippen LogP contribution in [0.2, 0.25) is 0 Å². The fourth-order valence-corrected chi connectivity index (χ4v) is 0.888. The summed E-state index contributed by atoms with van der Waals surface area (Å²) in [5, 5.41) is 0. The molecule has 1 aromatic rings. The molecule has 1 atom stereocenters. The number of ether oxygens (including phenoxy) is 1. The smallest absolute Gasteiger partial charge is 0.429 e. The Labute approximate surface area is 93.5 Å². The minimum atomic E-state index is -4.11.